The van der Waals surface area contributed by atoms with Crippen LogP contribution in [0.4, 0.5) is 0 Å². The highest BCUT2D eigenvalue weighted by atomic mass is 79.9. The lowest BCUT2D eigenvalue weighted by Crippen LogP contribution is -1.61. The Bertz CT molecular complexity index is 174. The molecule has 0 amide bonds. The molecule has 0 aromatic heterocycles. The Morgan fingerprint density at radius 3 is 2.40 bits per heavy atom. The third-order valence-electron chi connectivity index (χ3n) is 0.821. The molecular formula is C8H11BrS. The van der Waals surface area contributed by atoms with Crippen LogP contribution in [-0.4, -0.2) is 0 Å². The van der Waals surface area contributed by atoms with Crippen LogP contribution in [0.1, 0.15) is 13.8 Å². The van der Waals surface area contributed by atoms with Crippen molar-refractivity contribution in [1.82, 2.24) is 0 Å². The van der Waals surface area contributed by atoms with Crippen molar-refractivity contribution >= 4 is 28.6 Å². The second-order valence-corrected chi connectivity index (χ2v) is 3.61. The Hall–Kier alpha value is 0.0500. The Balaban J connectivity index is 4.05. The Labute approximate surface area is 76.2 Å². The second-order valence-electron chi connectivity index (χ2n) is 1.84. The van der Waals surface area contributed by atoms with Crippen molar-refractivity contribution in [1.29, 1.82) is 0 Å². The molecule has 0 unspecified atom stereocenters. The molecular weight excluding hydrogens is 208 g/mol. The summed E-state index contributed by atoms with van der Waals surface area (Å²) < 4.78 is 1.10. The minimum absolute atomic E-state index is 0.960. The molecule has 0 saturated heterocycles. The van der Waals surface area contributed by atoms with Crippen LogP contribution in [0.2, 0.25) is 0 Å². The fourth-order valence-electron chi connectivity index (χ4n) is 0.427. The average Bonchev–Trinajstić information content (AvgIpc) is 1.85. The van der Waals surface area contributed by atoms with Gasteiger partial charge in [-0.3, -0.25) is 0 Å². The van der Waals surface area contributed by atoms with E-state index in [1.54, 1.807) is 0 Å². The molecule has 0 heterocycles. The largest absolute Gasteiger partial charge is 0.143 e. The lowest BCUT2D eigenvalue weighted by Gasteiger charge is -1.85. The molecule has 0 aliphatic rings. The molecule has 0 fully saturated rings. The Morgan fingerprint density at radius 1 is 1.40 bits per heavy atom. The molecule has 0 aromatic rings. The van der Waals surface area contributed by atoms with Crippen molar-refractivity contribution in [2.24, 2.45) is 0 Å². The van der Waals surface area contributed by atoms with E-state index in [0.717, 1.165) is 9.39 Å². The van der Waals surface area contributed by atoms with Gasteiger partial charge in [-0.25, -0.2) is 0 Å². The van der Waals surface area contributed by atoms with Gasteiger partial charge in [0.05, 0.1) is 0 Å². The summed E-state index contributed by atoms with van der Waals surface area (Å²) in [5.41, 5.74) is 0. The standard InChI is InChI=1S/C8H11BrS/c1-3-4-8(10)6-5-7(2)9/h3-6,10H,1-2H3/b4-3+,7-5+,8-6+. The van der Waals surface area contributed by atoms with Gasteiger partial charge in [0.25, 0.3) is 0 Å². The molecule has 0 rings (SSSR count). The summed E-state index contributed by atoms with van der Waals surface area (Å²) in [6, 6.07) is 0. The molecule has 10 heavy (non-hydrogen) atoms. The SMILES string of the molecule is C/C=C/C(S)=C\C=C(/C)Br. The molecule has 0 aliphatic carbocycles. The van der Waals surface area contributed by atoms with E-state index < -0.39 is 0 Å². The minimum atomic E-state index is 0.960. The molecule has 0 aliphatic heterocycles. The lowest BCUT2D eigenvalue weighted by atomic mass is 10.4. The minimum Gasteiger partial charge on any atom is -0.143 e. The maximum atomic E-state index is 4.19. The molecule has 0 N–H and O–H groups in total. The first kappa shape index (κ1) is 10.0. The molecule has 0 atom stereocenters. The lowest BCUT2D eigenvalue weighted by molar-refractivity contribution is 1.67. The van der Waals surface area contributed by atoms with Gasteiger partial charge in [-0.1, -0.05) is 34.2 Å². The third kappa shape index (κ3) is 6.17. The van der Waals surface area contributed by atoms with Crippen molar-refractivity contribution in [2.75, 3.05) is 0 Å². The van der Waals surface area contributed by atoms with E-state index in [0.29, 0.717) is 0 Å². The summed E-state index contributed by atoms with van der Waals surface area (Å²) in [5.74, 6) is 0. The monoisotopic (exact) mass is 218 g/mol. The van der Waals surface area contributed by atoms with E-state index >= 15 is 0 Å². The van der Waals surface area contributed by atoms with Crippen molar-refractivity contribution < 1.29 is 0 Å². The summed E-state index contributed by atoms with van der Waals surface area (Å²) in [4.78, 5) is 0.960. The van der Waals surface area contributed by atoms with Gasteiger partial charge in [0.15, 0.2) is 0 Å². The number of thiol groups is 1. The number of halogens is 1. The number of allylic oxidation sites excluding steroid dienone is 5. The van der Waals surface area contributed by atoms with E-state index in [1.807, 2.05) is 38.2 Å². The zero-order valence-electron chi connectivity index (χ0n) is 6.13. The van der Waals surface area contributed by atoms with Gasteiger partial charge in [0.2, 0.25) is 0 Å². The third-order valence-corrected chi connectivity index (χ3v) is 1.38. The summed E-state index contributed by atoms with van der Waals surface area (Å²) >= 11 is 7.51. The summed E-state index contributed by atoms with van der Waals surface area (Å²) in [5, 5.41) is 0. The highest BCUT2D eigenvalue weighted by Crippen LogP contribution is 2.07. The molecule has 0 saturated carbocycles. The molecule has 0 nitrogen and oxygen atoms in total. The predicted molar refractivity (Wildman–Crippen MR) is 54.6 cm³/mol. The maximum Gasteiger partial charge on any atom is 0.00369 e. The number of rotatable bonds is 2. The first-order valence-corrected chi connectivity index (χ1v) is 4.26. The second kappa shape index (κ2) is 5.81. The van der Waals surface area contributed by atoms with Gasteiger partial charge < -0.3 is 0 Å². The number of hydrogen-bond acceptors (Lipinski definition) is 1. The fourth-order valence-corrected chi connectivity index (χ4v) is 0.782. The topological polar surface area (TPSA) is 0 Å². The predicted octanol–water partition coefficient (Wildman–Crippen LogP) is 3.67. The molecule has 2 heteroatoms. The first-order valence-electron chi connectivity index (χ1n) is 3.02. The average molecular weight is 219 g/mol. The Kier molecular flexibility index (Phi) is 5.84. The van der Waals surface area contributed by atoms with E-state index in [1.165, 1.54) is 0 Å². The molecule has 0 bridgehead atoms. The van der Waals surface area contributed by atoms with Gasteiger partial charge in [0.1, 0.15) is 0 Å². The van der Waals surface area contributed by atoms with Crippen LogP contribution in [0.25, 0.3) is 0 Å². The van der Waals surface area contributed by atoms with E-state index in [4.69, 9.17) is 0 Å². The van der Waals surface area contributed by atoms with Crippen LogP contribution in [0.3, 0.4) is 0 Å². The summed E-state index contributed by atoms with van der Waals surface area (Å²) in [7, 11) is 0. The zero-order valence-corrected chi connectivity index (χ0v) is 8.62. The van der Waals surface area contributed by atoms with Crippen LogP contribution in [0.15, 0.2) is 33.7 Å². The van der Waals surface area contributed by atoms with Crippen molar-refractivity contribution in [3.8, 4) is 0 Å². The molecule has 56 valence electrons. The zero-order chi connectivity index (χ0) is 7.98. The van der Waals surface area contributed by atoms with Crippen LogP contribution >= 0.6 is 28.6 Å². The first-order chi connectivity index (χ1) is 4.66. The van der Waals surface area contributed by atoms with Gasteiger partial charge in [-0.2, -0.15) is 0 Å². The molecule has 0 radical (unpaired) electrons. The van der Waals surface area contributed by atoms with Crippen LogP contribution < -0.4 is 0 Å². The van der Waals surface area contributed by atoms with Crippen LogP contribution in [-0.2, 0) is 0 Å². The Morgan fingerprint density at radius 2 is 2.00 bits per heavy atom. The molecule has 0 spiro atoms. The van der Waals surface area contributed by atoms with Crippen molar-refractivity contribution in [3.63, 3.8) is 0 Å². The van der Waals surface area contributed by atoms with Crippen LogP contribution in [0.5, 0.6) is 0 Å². The van der Waals surface area contributed by atoms with Gasteiger partial charge in [-0.15, -0.1) is 12.6 Å². The van der Waals surface area contributed by atoms with E-state index in [-0.39, 0.29) is 0 Å². The highest BCUT2D eigenvalue weighted by Gasteiger charge is 1.78. The summed E-state index contributed by atoms with van der Waals surface area (Å²) in [6.07, 6.45) is 7.79. The normalized spacial score (nSPS) is 14.8. The molecule has 0 aromatic carbocycles. The van der Waals surface area contributed by atoms with E-state index in [2.05, 4.69) is 28.6 Å². The maximum absolute atomic E-state index is 4.19. The van der Waals surface area contributed by atoms with Gasteiger partial charge >= 0.3 is 0 Å². The van der Waals surface area contributed by atoms with Crippen molar-refractivity contribution in [3.05, 3.63) is 33.7 Å². The van der Waals surface area contributed by atoms with Gasteiger partial charge in [0, 0.05) is 4.91 Å². The smallest absolute Gasteiger partial charge is 0.00369 e. The number of hydrogen-bond donors (Lipinski definition) is 1. The van der Waals surface area contributed by atoms with Gasteiger partial charge in [-0.05, 0) is 24.4 Å². The fraction of sp³-hybridized carbons (Fsp3) is 0.250. The summed E-state index contributed by atoms with van der Waals surface area (Å²) in [6.45, 7) is 3.95. The van der Waals surface area contributed by atoms with E-state index in [9.17, 15) is 0 Å². The quantitative estimate of drug-likeness (QED) is 0.531. The van der Waals surface area contributed by atoms with Crippen molar-refractivity contribution in [2.45, 2.75) is 13.8 Å². The van der Waals surface area contributed by atoms with Crippen LogP contribution in [0, 0.1) is 0 Å². The highest BCUT2D eigenvalue weighted by molar-refractivity contribution is 9.11.